The maximum Gasteiger partial charge on any atom is 0.246 e. The second-order valence-electron chi connectivity index (χ2n) is 5.64. The molecule has 0 radical (unpaired) electrons. The zero-order chi connectivity index (χ0) is 19.0. The summed E-state index contributed by atoms with van der Waals surface area (Å²) in [5.74, 6) is -0.327. The van der Waals surface area contributed by atoms with Gasteiger partial charge in [0.1, 0.15) is 6.61 Å². The average molecular weight is 397 g/mol. The summed E-state index contributed by atoms with van der Waals surface area (Å²) in [4.78, 5) is 11.9. The third-order valence-electron chi connectivity index (χ3n) is 3.52. The molecule has 0 spiro atoms. The molecule has 0 aliphatic rings. The number of amides is 1. The number of carbonyl (C=O) groups is 1. The van der Waals surface area contributed by atoms with Crippen LogP contribution >= 0.6 is 11.6 Å². The van der Waals surface area contributed by atoms with E-state index in [1.54, 1.807) is 30.3 Å². The van der Waals surface area contributed by atoms with Gasteiger partial charge in [-0.15, -0.1) is 0 Å². The monoisotopic (exact) mass is 396 g/mol. The molecule has 0 saturated carbocycles. The van der Waals surface area contributed by atoms with E-state index in [0.29, 0.717) is 5.02 Å². The van der Waals surface area contributed by atoms with Gasteiger partial charge in [-0.05, 0) is 30.7 Å². The van der Waals surface area contributed by atoms with Crippen molar-refractivity contribution in [1.29, 1.82) is 0 Å². The van der Waals surface area contributed by atoms with Crippen LogP contribution in [0.3, 0.4) is 0 Å². The molecule has 0 heterocycles. The van der Waals surface area contributed by atoms with Crippen molar-refractivity contribution in [2.75, 3.05) is 19.7 Å². The number of sulfonamides is 1. The molecular weight excluding hydrogens is 376 g/mol. The third-order valence-corrected chi connectivity index (χ3v) is 5.36. The lowest BCUT2D eigenvalue weighted by molar-refractivity contribution is -0.126. The van der Waals surface area contributed by atoms with E-state index in [4.69, 9.17) is 16.3 Å². The van der Waals surface area contributed by atoms with E-state index in [-0.39, 0.29) is 37.1 Å². The van der Waals surface area contributed by atoms with Crippen LogP contribution in [0.1, 0.15) is 11.1 Å². The summed E-state index contributed by atoms with van der Waals surface area (Å²) < 4.78 is 31.9. The topological polar surface area (TPSA) is 84.5 Å². The zero-order valence-corrected chi connectivity index (χ0v) is 15.9. The van der Waals surface area contributed by atoms with Gasteiger partial charge in [-0.3, -0.25) is 4.79 Å². The van der Waals surface area contributed by atoms with Crippen LogP contribution in [-0.2, 0) is 26.2 Å². The molecule has 0 aromatic heterocycles. The van der Waals surface area contributed by atoms with E-state index < -0.39 is 10.0 Å². The molecule has 0 unspecified atom stereocenters. The van der Waals surface area contributed by atoms with E-state index in [1.165, 1.54) is 0 Å². The molecule has 0 atom stereocenters. The summed E-state index contributed by atoms with van der Waals surface area (Å²) in [6.07, 6.45) is 0. The SMILES string of the molecule is Cc1ccc(S(=O)(=O)NCCNC(=O)COCc2ccccc2Cl)cc1. The van der Waals surface area contributed by atoms with Gasteiger partial charge < -0.3 is 10.1 Å². The van der Waals surface area contributed by atoms with Crippen LogP contribution in [0.25, 0.3) is 0 Å². The summed E-state index contributed by atoms with van der Waals surface area (Å²) >= 11 is 6.00. The van der Waals surface area contributed by atoms with Gasteiger partial charge in [-0.25, -0.2) is 13.1 Å². The summed E-state index contributed by atoms with van der Waals surface area (Å²) in [5.41, 5.74) is 1.78. The van der Waals surface area contributed by atoms with Crippen molar-refractivity contribution in [2.24, 2.45) is 0 Å². The third kappa shape index (κ3) is 6.42. The largest absolute Gasteiger partial charge is 0.367 e. The van der Waals surface area contributed by atoms with Crippen LogP contribution in [0, 0.1) is 6.92 Å². The standard InChI is InChI=1S/C18H21ClN2O4S/c1-14-6-8-16(9-7-14)26(23,24)21-11-10-20-18(22)13-25-12-15-4-2-3-5-17(15)19/h2-9,21H,10-13H2,1H3,(H,20,22). The Kier molecular flexibility index (Phi) is 7.59. The van der Waals surface area contributed by atoms with Gasteiger partial charge >= 0.3 is 0 Å². The lowest BCUT2D eigenvalue weighted by atomic mass is 10.2. The summed E-state index contributed by atoms with van der Waals surface area (Å²) in [6.45, 7) is 2.24. The molecular formula is C18H21ClN2O4S. The summed E-state index contributed by atoms with van der Waals surface area (Å²) in [6, 6.07) is 13.8. The molecule has 1 amide bonds. The van der Waals surface area contributed by atoms with Gasteiger partial charge in [0, 0.05) is 18.1 Å². The molecule has 0 fully saturated rings. The van der Waals surface area contributed by atoms with E-state index in [9.17, 15) is 13.2 Å². The Balaban J connectivity index is 1.67. The van der Waals surface area contributed by atoms with E-state index in [2.05, 4.69) is 10.0 Å². The number of rotatable bonds is 9. The lowest BCUT2D eigenvalue weighted by Crippen LogP contribution is -2.36. The average Bonchev–Trinajstić information content (AvgIpc) is 2.61. The van der Waals surface area contributed by atoms with Gasteiger partial charge in [0.25, 0.3) is 0 Å². The molecule has 2 aromatic rings. The molecule has 0 saturated heterocycles. The first-order valence-electron chi connectivity index (χ1n) is 8.02. The predicted molar refractivity (Wildman–Crippen MR) is 100 cm³/mol. The van der Waals surface area contributed by atoms with Crippen LogP contribution in [-0.4, -0.2) is 34.0 Å². The van der Waals surface area contributed by atoms with Crippen molar-refractivity contribution in [2.45, 2.75) is 18.4 Å². The maximum atomic E-state index is 12.1. The van der Waals surface area contributed by atoms with Crippen molar-refractivity contribution in [3.63, 3.8) is 0 Å². The fourth-order valence-electron chi connectivity index (χ4n) is 2.11. The molecule has 2 aromatic carbocycles. The molecule has 0 aliphatic heterocycles. The smallest absolute Gasteiger partial charge is 0.246 e. The minimum atomic E-state index is -3.58. The Morgan fingerprint density at radius 3 is 2.46 bits per heavy atom. The molecule has 0 bridgehead atoms. The summed E-state index contributed by atoms with van der Waals surface area (Å²) in [7, 11) is -3.58. The molecule has 2 rings (SSSR count). The van der Waals surface area contributed by atoms with Gasteiger partial charge in [-0.2, -0.15) is 0 Å². The second kappa shape index (κ2) is 9.68. The predicted octanol–water partition coefficient (Wildman–Crippen LogP) is 2.26. The highest BCUT2D eigenvalue weighted by atomic mass is 35.5. The van der Waals surface area contributed by atoms with Crippen molar-refractivity contribution >= 4 is 27.5 Å². The number of carbonyl (C=O) groups excluding carboxylic acids is 1. The Morgan fingerprint density at radius 2 is 1.77 bits per heavy atom. The van der Waals surface area contributed by atoms with Crippen molar-refractivity contribution in [3.05, 3.63) is 64.7 Å². The number of hydrogen-bond donors (Lipinski definition) is 2. The molecule has 26 heavy (non-hydrogen) atoms. The van der Waals surface area contributed by atoms with Gasteiger partial charge in [0.15, 0.2) is 0 Å². The van der Waals surface area contributed by atoms with E-state index in [0.717, 1.165) is 11.1 Å². The first kappa shape index (κ1) is 20.4. The first-order chi connectivity index (χ1) is 12.4. The van der Waals surface area contributed by atoms with Crippen molar-refractivity contribution in [3.8, 4) is 0 Å². The van der Waals surface area contributed by atoms with Gasteiger partial charge in [0.05, 0.1) is 11.5 Å². The number of ether oxygens (including phenoxy) is 1. The zero-order valence-electron chi connectivity index (χ0n) is 14.4. The number of benzene rings is 2. The van der Waals surface area contributed by atoms with E-state index in [1.807, 2.05) is 25.1 Å². The highest BCUT2D eigenvalue weighted by Gasteiger charge is 2.12. The van der Waals surface area contributed by atoms with Gasteiger partial charge in [-0.1, -0.05) is 47.5 Å². The highest BCUT2D eigenvalue weighted by Crippen LogP contribution is 2.15. The quantitative estimate of drug-likeness (QED) is 0.637. The lowest BCUT2D eigenvalue weighted by Gasteiger charge is -2.09. The molecule has 8 heteroatoms. The highest BCUT2D eigenvalue weighted by molar-refractivity contribution is 7.89. The number of hydrogen-bond acceptors (Lipinski definition) is 4. The fraction of sp³-hybridized carbons (Fsp3) is 0.278. The van der Waals surface area contributed by atoms with Crippen molar-refractivity contribution < 1.29 is 17.9 Å². The van der Waals surface area contributed by atoms with Crippen LogP contribution in [0.15, 0.2) is 53.4 Å². The maximum absolute atomic E-state index is 12.1. The van der Waals surface area contributed by atoms with E-state index >= 15 is 0 Å². The van der Waals surface area contributed by atoms with Gasteiger partial charge in [0.2, 0.25) is 15.9 Å². The van der Waals surface area contributed by atoms with Crippen LogP contribution in [0.5, 0.6) is 0 Å². The number of nitrogens with one attached hydrogen (secondary N) is 2. The summed E-state index contributed by atoms with van der Waals surface area (Å²) in [5, 5.41) is 3.17. The first-order valence-corrected chi connectivity index (χ1v) is 9.89. The second-order valence-corrected chi connectivity index (χ2v) is 7.82. The van der Waals surface area contributed by atoms with Crippen LogP contribution < -0.4 is 10.0 Å². The van der Waals surface area contributed by atoms with Crippen molar-refractivity contribution in [1.82, 2.24) is 10.0 Å². The Labute approximate surface area is 158 Å². The van der Waals surface area contributed by atoms with Crippen LogP contribution in [0.2, 0.25) is 5.02 Å². The van der Waals surface area contributed by atoms with Crippen LogP contribution in [0.4, 0.5) is 0 Å². The fourth-order valence-corrected chi connectivity index (χ4v) is 3.33. The Bertz CT molecular complexity index is 839. The molecule has 6 nitrogen and oxygen atoms in total. The molecule has 0 aliphatic carbocycles. The molecule has 140 valence electrons. The number of halogens is 1. The normalized spacial score (nSPS) is 11.3. The Morgan fingerprint density at radius 1 is 1.08 bits per heavy atom. The minimum absolute atomic E-state index is 0.0897. The number of aryl methyl sites for hydroxylation is 1. The minimum Gasteiger partial charge on any atom is -0.367 e. The molecule has 2 N–H and O–H groups in total. The Hall–Kier alpha value is -1.93.